The van der Waals surface area contributed by atoms with Gasteiger partial charge in [-0.2, -0.15) is 0 Å². The summed E-state index contributed by atoms with van der Waals surface area (Å²) in [4.78, 5) is 16.1. The number of hydrogen-bond donors (Lipinski definition) is 1. The number of nitrogens with zero attached hydrogens (tertiary/aromatic N) is 2. The van der Waals surface area contributed by atoms with E-state index in [1.807, 2.05) is 12.1 Å². The van der Waals surface area contributed by atoms with E-state index < -0.39 is 5.97 Å². The third-order valence-electron chi connectivity index (χ3n) is 3.83. The van der Waals surface area contributed by atoms with Crippen LogP contribution in [0.2, 0.25) is 0 Å². The molecule has 2 aromatic heterocycles. The van der Waals surface area contributed by atoms with E-state index in [4.69, 9.17) is 0 Å². The SMILES string of the molecule is CCc1cccn2c(C(=O)O)c(C3CCC3)nc12. The lowest BCUT2D eigenvalue weighted by atomic mass is 9.82. The van der Waals surface area contributed by atoms with E-state index in [1.165, 1.54) is 6.42 Å². The topological polar surface area (TPSA) is 54.6 Å². The Balaban J connectivity index is 2.27. The highest BCUT2D eigenvalue weighted by Crippen LogP contribution is 2.38. The molecule has 0 bridgehead atoms. The van der Waals surface area contributed by atoms with Crippen molar-refractivity contribution in [3.63, 3.8) is 0 Å². The fourth-order valence-electron chi connectivity index (χ4n) is 2.60. The van der Waals surface area contributed by atoms with Gasteiger partial charge in [-0.15, -0.1) is 0 Å². The summed E-state index contributed by atoms with van der Waals surface area (Å²) in [7, 11) is 0. The third-order valence-corrected chi connectivity index (χ3v) is 3.83. The first-order chi connectivity index (χ1) is 8.72. The second kappa shape index (κ2) is 4.12. The smallest absolute Gasteiger partial charge is 0.354 e. The van der Waals surface area contributed by atoms with Crippen LogP contribution in [0.3, 0.4) is 0 Å². The molecule has 2 heterocycles. The van der Waals surface area contributed by atoms with Crippen LogP contribution in [0.15, 0.2) is 18.3 Å². The van der Waals surface area contributed by atoms with Crippen molar-refractivity contribution < 1.29 is 9.90 Å². The van der Waals surface area contributed by atoms with Crippen molar-refractivity contribution in [3.8, 4) is 0 Å². The molecule has 0 spiro atoms. The fraction of sp³-hybridized carbons (Fsp3) is 0.429. The van der Waals surface area contributed by atoms with Crippen molar-refractivity contribution in [3.05, 3.63) is 35.3 Å². The number of pyridine rings is 1. The summed E-state index contributed by atoms with van der Waals surface area (Å²) >= 11 is 0. The Labute approximate surface area is 105 Å². The quantitative estimate of drug-likeness (QED) is 0.903. The maximum atomic E-state index is 11.5. The maximum Gasteiger partial charge on any atom is 0.354 e. The minimum absolute atomic E-state index is 0.334. The molecule has 0 aliphatic heterocycles. The number of imidazole rings is 1. The molecule has 0 amide bonds. The van der Waals surface area contributed by atoms with Gasteiger partial charge in [0.15, 0.2) is 5.69 Å². The number of rotatable bonds is 3. The Kier molecular flexibility index (Phi) is 2.58. The maximum absolute atomic E-state index is 11.5. The summed E-state index contributed by atoms with van der Waals surface area (Å²) in [6.07, 6.45) is 5.97. The van der Waals surface area contributed by atoms with Crippen molar-refractivity contribution in [2.75, 3.05) is 0 Å². The number of aryl methyl sites for hydroxylation is 1. The first kappa shape index (κ1) is 11.3. The molecule has 1 fully saturated rings. The standard InChI is InChI=1S/C14H16N2O2/c1-2-9-7-4-8-16-12(14(17)18)11(15-13(9)16)10-5-3-6-10/h4,7-8,10H,2-3,5-6H2,1H3,(H,17,18). The van der Waals surface area contributed by atoms with Crippen LogP contribution in [0, 0.1) is 0 Å². The van der Waals surface area contributed by atoms with Crippen LogP contribution in [0.5, 0.6) is 0 Å². The second-order valence-electron chi connectivity index (χ2n) is 4.86. The number of carbonyl (C=O) groups is 1. The van der Waals surface area contributed by atoms with Gasteiger partial charge in [0.1, 0.15) is 5.65 Å². The highest BCUT2D eigenvalue weighted by molar-refractivity contribution is 5.89. The Morgan fingerprint density at radius 3 is 2.89 bits per heavy atom. The van der Waals surface area contributed by atoms with Crippen LogP contribution in [0.25, 0.3) is 5.65 Å². The van der Waals surface area contributed by atoms with Crippen LogP contribution >= 0.6 is 0 Å². The summed E-state index contributed by atoms with van der Waals surface area (Å²) in [6.45, 7) is 2.06. The van der Waals surface area contributed by atoms with Gasteiger partial charge in [0, 0.05) is 12.1 Å². The van der Waals surface area contributed by atoms with Gasteiger partial charge in [0.2, 0.25) is 0 Å². The summed E-state index contributed by atoms with van der Waals surface area (Å²) < 4.78 is 1.73. The van der Waals surface area contributed by atoms with Crippen LogP contribution in [-0.4, -0.2) is 20.5 Å². The number of hydrogen-bond acceptors (Lipinski definition) is 2. The fourth-order valence-corrected chi connectivity index (χ4v) is 2.60. The lowest BCUT2D eigenvalue weighted by molar-refractivity contribution is 0.0686. The molecule has 1 N–H and O–H groups in total. The molecule has 18 heavy (non-hydrogen) atoms. The van der Waals surface area contributed by atoms with Gasteiger partial charge in [0.25, 0.3) is 0 Å². The number of carboxylic acids is 1. The highest BCUT2D eigenvalue weighted by atomic mass is 16.4. The van der Waals surface area contributed by atoms with Gasteiger partial charge in [0.05, 0.1) is 5.69 Å². The van der Waals surface area contributed by atoms with Crippen LogP contribution in [0.1, 0.15) is 53.8 Å². The Bertz CT molecular complexity index is 612. The molecule has 1 aliphatic carbocycles. The zero-order valence-electron chi connectivity index (χ0n) is 10.4. The van der Waals surface area contributed by atoms with Crippen molar-refractivity contribution in [1.82, 2.24) is 9.38 Å². The number of aromatic nitrogens is 2. The molecule has 0 radical (unpaired) electrons. The predicted octanol–water partition coefficient (Wildman–Crippen LogP) is 2.86. The van der Waals surface area contributed by atoms with E-state index >= 15 is 0 Å². The van der Waals surface area contributed by atoms with Crippen LogP contribution < -0.4 is 0 Å². The molecular formula is C14H16N2O2. The first-order valence-corrected chi connectivity index (χ1v) is 6.45. The molecular weight excluding hydrogens is 228 g/mol. The molecule has 4 heteroatoms. The first-order valence-electron chi connectivity index (χ1n) is 6.45. The zero-order valence-corrected chi connectivity index (χ0v) is 10.4. The molecule has 0 unspecified atom stereocenters. The Morgan fingerprint density at radius 2 is 2.33 bits per heavy atom. The molecule has 4 nitrogen and oxygen atoms in total. The van der Waals surface area contributed by atoms with Crippen molar-refractivity contribution in [2.45, 2.75) is 38.5 Å². The predicted molar refractivity (Wildman–Crippen MR) is 68.1 cm³/mol. The van der Waals surface area contributed by atoms with E-state index in [2.05, 4.69) is 11.9 Å². The zero-order chi connectivity index (χ0) is 12.7. The molecule has 0 atom stereocenters. The average Bonchev–Trinajstić information content (AvgIpc) is 2.64. The monoisotopic (exact) mass is 244 g/mol. The summed E-state index contributed by atoms with van der Waals surface area (Å²) in [5.41, 5.74) is 3.03. The lowest BCUT2D eigenvalue weighted by Gasteiger charge is -2.23. The number of fused-ring (bicyclic) bond motifs is 1. The van der Waals surface area contributed by atoms with Crippen molar-refractivity contribution in [1.29, 1.82) is 0 Å². The van der Waals surface area contributed by atoms with Crippen LogP contribution in [-0.2, 0) is 6.42 Å². The van der Waals surface area contributed by atoms with E-state index in [9.17, 15) is 9.90 Å². The van der Waals surface area contributed by atoms with Gasteiger partial charge in [-0.25, -0.2) is 9.78 Å². The van der Waals surface area contributed by atoms with Crippen molar-refractivity contribution >= 4 is 11.6 Å². The Morgan fingerprint density at radius 1 is 1.56 bits per heavy atom. The van der Waals surface area contributed by atoms with Gasteiger partial charge in [-0.3, -0.25) is 4.40 Å². The average molecular weight is 244 g/mol. The lowest BCUT2D eigenvalue weighted by Crippen LogP contribution is -2.14. The molecule has 1 aliphatic rings. The summed E-state index contributed by atoms with van der Waals surface area (Å²) in [5.74, 6) is -0.543. The molecule has 94 valence electrons. The van der Waals surface area contributed by atoms with Gasteiger partial charge in [-0.1, -0.05) is 19.4 Å². The molecule has 0 saturated heterocycles. The largest absolute Gasteiger partial charge is 0.477 e. The molecule has 2 aromatic rings. The van der Waals surface area contributed by atoms with Gasteiger partial charge < -0.3 is 5.11 Å². The van der Waals surface area contributed by atoms with E-state index in [0.717, 1.165) is 36.2 Å². The minimum Gasteiger partial charge on any atom is -0.477 e. The van der Waals surface area contributed by atoms with E-state index in [1.54, 1.807) is 10.6 Å². The van der Waals surface area contributed by atoms with Crippen LogP contribution in [0.4, 0.5) is 0 Å². The normalized spacial score (nSPS) is 15.8. The van der Waals surface area contributed by atoms with Gasteiger partial charge in [-0.05, 0) is 30.9 Å². The minimum atomic E-state index is -0.877. The highest BCUT2D eigenvalue weighted by Gasteiger charge is 2.29. The molecule has 1 saturated carbocycles. The van der Waals surface area contributed by atoms with Crippen molar-refractivity contribution in [2.24, 2.45) is 0 Å². The Hall–Kier alpha value is -1.84. The number of carboxylic acid groups (broad SMARTS) is 1. The summed E-state index contributed by atoms with van der Waals surface area (Å²) in [5, 5.41) is 9.42. The second-order valence-corrected chi connectivity index (χ2v) is 4.86. The number of aromatic carboxylic acids is 1. The third kappa shape index (κ3) is 1.52. The molecule has 0 aromatic carbocycles. The summed E-state index contributed by atoms with van der Waals surface area (Å²) in [6, 6.07) is 3.91. The van der Waals surface area contributed by atoms with E-state index in [0.29, 0.717) is 11.6 Å². The molecule has 3 rings (SSSR count). The van der Waals surface area contributed by atoms with E-state index in [-0.39, 0.29) is 0 Å². The van der Waals surface area contributed by atoms with Gasteiger partial charge >= 0.3 is 5.97 Å².